The molecule has 0 amide bonds. The molecule has 1 aromatic heterocycles. The van der Waals surface area contributed by atoms with Crippen LogP contribution in [0.15, 0.2) is 16.9 Å². The molecule has 0 aliphatic carbocycles. The molecule has 0 aliphatic rings. The van der Waals surface area contributed by atoms with E-state index in [0.717, 1.165) is 9.93 Å². The van der Waals surface area contributed by atoms with E-state index in [1.165, 1.54) is 11.1 Å². The molecule has 0 aliphatic heterocycles. The number of hydrogen-bond acceptors (Lipinski definition) is 1. The Morgan fingerprint density at radius 1 is 1.60 bits per heavy atom. The number of halogens is 2. The molecule has 0 N–H and O–H groups in total. The van der Waals surface area contributed by atoms with Crippen molar-refractivity contribution in [3.63, 3.8) is 0 Å². The Kier molecular flexibility index (Phi) is 2.86. The lowest BCUT2D eigenvalue weighted by molar-refractivity contribution is 1.16. The molecule has 0 spiro atoms. The van der Waals surface area contributed by atoms with Crippen LogP contribution in [-0.2, 0) is 5.33 Å². The van der Waals surface area contributed by atoms with Crippen molar-refractivity contribution in [2.45, 2.75) is 12.3 Å². The van der Waals surface area contributed by atoms with E-state index in [1.807, 2.05) is 6.07 Å². The summed E-state index contributed by atoms with van der Waals surface area (Å²) in [7, 11) is 0. The molecule has 0 saturated carbocycles. The van der Waals surface area contributed by atoms with Gasteiger partial charge in [0.05, 0.1) is 0 Å². The highest BCUT2D eigenvalue weighted by Gasteiger charge is 2.00. The molecule has 0 radical (unpaired) electrons. The first-order chi connectivity index (χ1) is 4.75. The van der Waals surface area contributed by atoms with Crippen molar-refractivity contribution in [2.75, 3.05) is 0 Å². The van der Waals surface area contributed by atoms with E-state index < -0.39 is 0 Å². The van der Waals surface area contributed by atoms with Gasteiger partial charge in [0.15, 0.2) is 0 Å². The molecule has 3 heteroatoms. The van der Waals surface area contributed by atoms with Crippen LogP contribution in [0.2, 0.25) is 0 Å². The smallest absolute Gasteiger partial charge is 0.110 e. The van der Waals surface area contributed by atoms with Crippen LogP contribution in [0.25, 0.3) is 0 Å². The van der Waals surface area contributed by atoms with Crippen LogP contribution in [-0.4, -0.2) is 4.98 Å². The number of alkyl halides is 1. The average Bonchev–Trinajstić information content (AvgIpc) is 1.88. The van der Waals surface area contributed by atoms with Crippen LogP contribution in [0.1, 0.15) is 11.1 Å². The normalized spacial score (nSPS) is 9.90. The van der Waals surface area contributed by atoms with E-state index in [-0.39, 0.29) is 0 Å². The van der Waals surface area contributed by atoms with Gasteiger partial charge in [-0.1, -0.05) is 15.9 Å². The van der Waals surface area contributed by atoms with Gasteiger partial charge in [-0.3, -0.25) is 0 Å². The molecular weight excluding hydrogens is 258 g/mol. The van der Waals surface area contributed by atoms with Gasteiger partial charge in [-0.05, 0) is 40.0 Å². The lowest BCUT2D eigenvalue weighted by atomic mass is 10.2. The Balaban J connectivity index is 3.17. The quantitative estimate of drug-likeness (QED) is 0.561. The zero-order valence-electron chi connectivity index (χ0n) is 5.56. The summed E-state index contributed by atoms with van der Waals surface area (Å²) in [4.78, 5) is 4.10. The lowest BCUT2D eigenvalue weighted by Gasteiger charge is -2.01. The topological polar surface area (TPSA) is 12.9 Å². The van der Waals surface area contributed by atoms with Gasteiger partial charge < -0.3 is 0 Å². The standard InChI is InChI=1S/C7H7Br2N/c1-5-2-3-10-7(9)6(5)4-8/h2-3H,4H2,1H3. The minimum Gasteiger partial charge on any atom is -0.249 e. The van der Waals surface area contributed by atoms with Crippen molar-refractivity contribution in [3.8, 4) is 0 Å². The third-order valence-corrected chi connectivity index (χ3v) is 2.62. The second-order valence-electron chi connectivity index (χ2n) is 2.03. The van der Waals surface area contributed by atoms with Crippen molar-refractivity contribution >= 4 is 31.9 Å². The van der Waals surface area contributed by atoms with Crippen LogP contribution < -0.4 is 0 Å². The monoisotopic (exact) mass is 263 g/mol. The van der Waals surface area contributed by atoms with Crippen LogP contribution >= 0.6 is 31.9 Å². The Hall–Kier alpha value is 0.110. The van der Waals surface area contributed by atoms with Gasteiger partial charge in [-0.15, -0.1) is 0 Å². The summed E-state index contributed by atoms with van der Waals surface area (Å²) in [5.41, 5.74) is 2.49. The number of hydrogen-bond donors (Lipinski definition) is 0. The number of aryl methyl sites for hydroxylation is 1. The summed E-state index contributed by atoms with van der Waals surface area (Å²) in [6.45, 7) is 2.07. The molecule has 1 heterocycles. The van der Waals surface area contributed by atoms with Gasteiger partial charge in [0, 0.05) is 11.5 Å². The fourth-order valence-corrected chi connectivity index (χ4v) is 2.37. The van der Waals surface area contributed by atoms with Crippen LogP contribution in [0, 0.1) is 6.92 Å². The molecule has 1 aromatic rings. The first-order valence-corrected chi connectivity index (χ1v) is 4.83. The van der Waals surface area contributed by atoms with E-state index in [2.05, 4.69) is 43.8 Å². The second kappa shape index (κ2) is 3.49. The van der Waals surface area contributed by atoms with Crippen molar-refractivity contribution in [1.29, 1.82) is 0 Å². The number of pyridine rings is 1. The molecule has 1 rings (SSSR count). The van der Waals surface area contributed by atoms with Gasteiger partial charge in [0.2, 0.25) is 0 Å². The van der Waals surface area contributed by atoms with Gasteiger partial charge in [0.25, 0.3) is 0 Å². The Bertz CT molecular complexity index is 215. The minimum atomic E-state index is 0.854. The van der Waals surface area contributed by atoms with Crippen molar-refractivity contribution < 1.29 is 0 Å². The summed E-state index contributed by atoms with van der Waals surface area (Å²) in [5.74, 6) is 0. The van der Waals surface area contributed by atoms with Crippen LogP contribution in [0.3, 0.4) is 0 Å². The molecule has 0 fully saturated rings. The van der Waals surface area contributed by atoms with Crippen molar-refractivity contribution in [3.05, 3.63) is 28.0 Å². The number of nitrogens with zero attached hydrogens (tertiary/aromatic N) is 1. The SMILES string of the molecule is Cc1ccnc(Br)c1CBr. The maximum absolute atomic E-state index is 4.10. The third-order valence-electron chi connectivity index (χ3n) is 1.37. The van der Waals surface area contributed by atoms with E-state index in [1.54, 1.807) is 6.20 Å². The van der Waals surface area contributed by atoms with E-state index in [0.29, 0.717) is 0 Å². The molecule has 54 valence electrons. The molecule has 1 nitrogen and oxygen atoms in total. The third kappa shape index (κ3) is 1.58. The Labute approximate surface area is 77.1 Å². The molecule has 0 unspecified atom stereocenters. The predicted octanol–water partition coefficient (Wildman–Crippen LogP) is 3.05. The first kappa shape index (κ1) is 8.21. The molecule has 0 aromatic carbocycles. The zero-order chi connectivity index (χ0) is 7.56. The average molecular weight is 265 g/mol. The van der Waals surface area contributed by atoms with Gasteiger partial charge in [-0.2, -0.15) is 0 Å². The maximum atomic E-state index is 4.10. The van der Waals surface area contributed by atoms with E-state index in [4.69, 9.17) is 0 Å². The van der Waals surface area contributed by atoms with Crippen LogP contribution in [0.5, 0.6) is 0 Å². The molecule has 10 heavy (non-hydrogen) atoms. The summed E-state index contributed by atoms with van der Waals surface area (Å²) in [6.07, 6.45) is 1.80. The van der Waals surface area contributed by atoms with E-state index in [9.17, 15) is 0 Å². The Morgan fingerprint density at radius 3 is 2.70 bits per heavy atom. The first-order valence-electron chi connectivity index (χ1n) is 2.91. The summed E-state index contributed by atoms with van der Waals surface area (Å²) in [5, 5.41) is 0.854. The van der Waals surface area contributed by atoms with Crippen molar-refractivity contribution in [1.82, 2.24) is 4.98 Å². The molecule has 0 saturated heterocycles. The van der Waals surface area contributed by atoms with Gasteiger partial charge >= 0.3 is 0 Å². The van der Waals surface area contributed by atoms with Crippen molar-refractivity contribution in [2.24, 2.45) is 0 Å². The lowest BCUT2D eigenvalue weighted by Crippen LogP contribution is -1.88. The highest BCUT2D eigenvalue weighted by molar-refractivity contribution is 9.10. The minimum absolute atomic E-state index is 0.854. The van der Waals surface area contributed by atoms with E-state index >= 15 is 0 Å². The summed E-state index contributed by atoms with van der Waals surface area (Å²) < 4.78 is 0.935. The Morgan fingerprint density at radius 2 is 2.30 bits per heavy atom. The fraction of sp³-hybridized carbons (Fsp3) is 0.286. The highest BCUT2D eigenvalue weighted by atomic mass is 79.9. The van der Waals surface area contributed by atoms with Gasteiger partial charge in [0.1, 0.15) is 4.60 Å². The number of aromatic nitrogens is 1. The molecular formula is C7H7Br2N. The molecule has 0 atom stereocenters. The predicted molar refractivity (Wildman–Crippen MR) is 49.3 cm³/mol. The maximum Gasteiger partial charge on any atom is 0.110 e. The highest BCUT2D eigenvalue weighted by Crippen LogP contribution is 2.19. The van der Waals surface area contributed by atoms with Gasteiger partial charge in [-0.25, -0.2) is 4.98 Å². The molecule has 0 bridgehead atoms. The summed E-state index contributed by atoms with van der Waals surface area (Å²) >= 11 is 6.76. The zero-order valence-corrected chi connectivity index (χ0v) is 8.74. The fourth-order valence-electron chi connectivity index (χ4n) is 0.716. The van der Waals surface area contributed by atoms with Crippen LogP contribution in [0.4, 0.5) is 0 Å². The number of rotatable bonds is 1. The summed E-state index contributed by atoms with van der Waals surface area (Å²) in [6, 6.07) is 2.00. The largest absolute Gasteiger partial charge is 0.249 e. The second-order valence-corrected chi connectivity index (χ2v) is 3.34.